The van der Waals surface area contributed by atoms with Crippen molar-refractivity contribution in [2.75, 3.05) is 26.0 Å². The van der Waals surface area contributed by atoms with E-state index in [1.807, 2.05) is 24.0 Å². The number of anilines is 1. The lowest BCUT2D eigenvalue weighted by Gasteiger charge is -2.30. The van der Waals surface area contributed by atoms with Crippen molar-refractivity contribution in [2.24, 2.45) is 5.92 Å². The molecule has 0 bridgehead atoms. The van der Waals surface area contributed by atoms with Gasteiger partial charge in [0, 0.05) is 25.4 Å². The molecule has 1 unspecified atom stereocenters. The van der Waals surface area contributed by atoms with Crippen LogP contribution in [-0.2, 0) is 4.74 Å². The van der Waals surface area contributed by atoms with E-state index >= 15 is 0 Å². The second-order valence-electron chi connectivity index (χ2n) is 5.61. The van der Waals surface area contributed by atoms with Gasteiger partial charge in [0.05, 0.1) is 12.2 Å². The molecule has 1 amide bonds. The van der Waals surface area contributed by atoms with Crippen molar-refractivity contribution in [3.63, 3.8) is 0 Å². The molecule has 1 aliphatic carbocycles. The molecule has 2 N–H and O–H groups in total. The SMILES string of the molecule is COCCN(C(=O)c1c(C)cccc1N)C(C)C1CC1. The number of ether oxygens (including phenoxy) is 1. The topological polar surface area (TPSA) is 55.6 Å². The van der Waals surface area contributed by atoms with Crippen LogP contribution in [0.5, 0.6) is 0 Å². The molecule has 1 saturated carbocycles. The van der Waals surface area contributed by atoms with Crippen LogP contribution in [0.25, 0.3) is 0 Å². The Morgan fingerprint density at radius 3 is 2.75 bits per heavy atom. The molecule has 0 radical (unpaired) electrons. The summed E-state index contributed by atoms with van der Waals surface area (Å²) in [5.74, 6) is 0.651. The van der Waals surface area contributed by atoms with Crippen molar-refractivity contribution < 1.29 is 9.53 Å². The fourth-order valence-corrected chi connectivity index (χ4v) is 2.64. The third-order valence-electron chi connectivity index (χ3n) is 4.11. The van der Waals surface area contributed by atoms with Crippen LogP contribution in [0.1, 0.15) is 35.7 Å². The standard InChI is InChI=1S/C16H24N2O2/c1-11-5-4-6-14(17)15(11)16(19)18(9-10-20-3)12(2)13-7-8-13/h4-6,12-13H,7-10,17H2,1-3H3. The first-order chi connectivity index (χ1) is 9.56. The monoisotopic (exact) mass is 276 g/mol. The highest BCUT2D eigenvalue weighted by atomic mass is 16.5. The fraction of sp³-hybridized carbons (Fsp3) is 0.562. The van der Waals surface area contributed by atoms with E-state index in [4.69, 9.17) is 10.5 Å². The molecule has 4 heteroatoms. The van der Waals surface area contributed by atoms with Gasteiger partial charge in [-0.2, -0.15) is 0 Å². The van der Waals surface area contributed by atoms with Gasteiger partial charge in [-0.25, -0.2) is 0 Å². The van der Waals surface area contributed by atoms with Crippen molar-refractivity contribution in [2.45, 2.75) is 32.7 Å². The number of rotatable bonds is 6. The van der Waals surface area contributed by atoms with Crippen molar-refractivity contribution >= 4 is 11.6 Å². The number of carbonyl (C=O) groups is 1. The number of hydrogen-bond acceptors (Lipinski definition) is 3. The summed E-state index contributed by atoms with van der Waals surface area (Å²) in [6.45, 7) is 5.22. The van der Waals surface area contributed by atoms with Gasteiger partial charge >= 0.3 is 0 Å². The van der Waals surface area contributed by atoms with E-state index in [-0.39, 0.29) is 11.9 Å². The molecule has 0 heterocycles. The predicted octanol–water partition coefficient (Wildman–Crippen LogP) is 2.46. The first-order valence-corrected chi connectivity index (χ1v) is 7.21. The third-order valence-corrected chi connectivity index (χ3v) is 4.11. The molecule has 1 aromatic rings. The summed E-state index contributed by atoms with van der Waals surface area (Å²) < 4.78 is 5.14. The second kappa shape index (κ2) is 6.27. The van der Waals surface area contributed by atoms with Crippen LogP contribution in [0, 0.1) is 12.8 Å². The van der Waals surface area contributed by atoms with Crippen LogP contribution in [0.4, 0.5) is 5.69 Å². The summed E-state index contributed by atoms with van der Waals surface area (Å²) in [6, 6.07) is 5.85. The summed E-state index contributed by atoms with van der Waals surface area (Å²) in [5.41, 5.74) is 8.12. The van der Waals surface area contributed by atoms with Crippen molar-refractivity contribution in [3.8, 4) is 0 Å². The number of carbonyl (C=O) groups excluding carboxylic acids is 1. The molecule has 0 aromatic heterocycles. The molecule has 1 aromatic carbocycles. The van der Waals surface area contributed by atoms with Gasteiger partial charge in [0.1, 0.15) is 0 Å². The fourth-order valence-electron chi connectivity index (χ4n) is 2.64. The Kier molecular flexibility index (Phi) is 4.65. The molecule has 0 aliphatic heterocycles. The van der Waals surface area contributed by atoms with Gasteiger partial charge in [-0.05, 0) is 44.2 Å². The first-order valence-electron chi connectivity index (χ1n) is 7.21. The maximum Gasteiger partial charge on any atom is 0.256 e. The van der Waals surface area contributed by atoms with E-state index in [0.29, 0.717) is 30.3 Å². The second-order valence-corrected chi connectivity index (χ2v) is 5.61. The third kappa shape index (κ3) is 3.12. The van der Waals surface area contributed by atoms with Gasteiger partial charge in [-0.3, -0.25) is 4.79 Å². The van der Waals surface area contributed by atoms with Crippen LogP contribution in [0.2, 0.25) is 0 Å². The van der Waals surface area contributed by atoms with Gasteiger partial charge in [-0.15, -0.1) is 0 Å². The lowest BCUT2D eigenvalue weighted by atomic mass is 10.0. The number of benzene rings is 1. The minimum atomic E-state index is 0.0250. The first kappa shape index (κ1) is 14.9. The smallest absolute Gasteiger partial charge is 0.256 e. The molecule has 4 nitrogen and oxygen atoms in total. The van der Waals surface area contributed by atoms with Gasteiger partial charge in [0.25, 0.3) is 5.91 Å². The molecule has 2 rings (SSSR count). The number of nitrogens with zero attached hydrogens (tertiary/aromatic N) is 1. The minimum absolute atomic E-state index is 0.0250. The van der Waals surface area contributed by atoms with Crippen LogP contribution in [0.3, 0.4) is 0 Å². The number of nitrogens with two attached hydrogens (primary N) is 1. The average molecular weight is 276 g/mol. The predicted molar refractivity (Wildman–Crippen MR) is 80.7 cm³/mol. The number of methoxy groups -OCH3 is 1. The van der Waals surface area contributed by atoms with Crippen LogP contribution in [0.15, 0.2) is 18.2 Å². The van der Waals surface area contributed by atoms with Crippen LogP contribution >= 0.6 is 0 Å². The number of amides is 1. The van der Waals surface area contributed by atoms with Gasteiger partial charge in [0.15, 0.2) is 0 Å². The molecule has 0 spiro atoms. The number of hydrogen-bond donors (Lipinski definition) is 1. The van der Waals surface area contributed by atoms with E-state index in [9.17, 15) is 4.79 Å². The van der Waals surface area contributed by atoms with Gasteiger partial charge < -0.3 is 15.4 Å². The zero-order valence-corrected chi connectivity index (χ0v) is 12.6. The largest absolute Gasteiger partial charge is 0.398 e. The van der Waals surface area contributed by atoms with E-state index in [1.165, 1.54) is 12.8 Å². The Bertz CT molecular complexity index is 463. The molecule has 1 fully saturated rings. The Morgan fingerprint density at radius 2 is 2.20 bits per heavy atom. The Hall–Kier alpha value is -1.55. The molecular formula is C16H24N2O2. The number of aryl methyl sites for hydroxylation is 1. The zero-order chi connectivity index (χ0) is 14.7. The van der Waals surface area contributed by atoms with E-state index in [0.717, 1.165) is 5.56 Å². The zero-order valence-electron chi connectivity index (χ0n) is 12.6. The molecule has 110 valence electrons. The lowest BCUT2D eigenvalue weighted by Crippen LogP contribution is -2.42. The summed E-state index contributed by atoms with van der Waals surface area (Å²) in [4.78, 5) is 14.8. The summed E-state index contributed by atoms with van der Waals surface area (Å²) in [6.07, 6.45) is 2.42. The Labute approximate surface area is 120 Å². The van der Waals surface area contributed by atoms with Gasteiger partial charge in [0.2, 0.25) is 0 Å². The summed E-state index contributed by atoms with van der Waals surface area (Å²) in [5, 5.41) is 0. The van der Waals surface area contributed by atoms with Crippen molar-refractivity contribution in [3.05, 3.63) is 29.3 Å². The summed E-state index contributed by atoms with van der Waals surface area (Å²) >= 11 is 0. The molecular weight excluding hydrogens is 252 g/mol. The maximum absolute atomic E-state index is 12.9. The highest BCUT2D eigenvalue weighted by Crippen LogP contribution is 2.36. The Balaban J connectivity index is 2.25. The number of nitrogen functional groups attached to an aromatic ring is 1. The molecule has 1 atom stereocenters. The quantitative estimate of drug-likeness (QED) is 0.812. The summed E-state index contributed by atoms with van der Waals surface area (Å²) in [7, 11) is 1.66. The van der Waals surface area contributed by atoms with Gasteiger partial charge in [-0.1, -0.05) is 12.1 Å². The molecule has 1 aliphatic rings. The average Bonchev–Trinajstić information content (AvgIpc) is 3.23. The highest BCUT2D eigenvalue weighted by Gasteiger charge is 2.35. The van der Waals surface area contributed by atoms with Crippen molar-refractivity contribution in [1.82, 2.24) is 4.90 Å². The van der Waals surface area contributed by atoms with Crippen molar-refractivity contribution in [1.29, 1.82) is 0 Å². The molecule has 20 heavy (non-hydrogen) atoms. The Morgan fingerprint density at radius 1 is 1.50 bits per heavy atom. The maximum atomic E-state index is 12.9. The van der Waals surface area contributed by atoms with E-state index < -0.39 is 0 Å². The molecule has 0 saturated heterocycles. The normalized spacial score (nSPS) is 15.9. The van der Waals surface area contributed by atoms with E-state index in [1.54, 1.807) is 13.2 Å². The lowest BCUT2D eigenvalue weighted by molar-refractivity contribution is 0.0595. The van der Waals surface area contributed by atoms with Crippen LogP contribution in [-0.4, -0.2) is 37.1 Å². The highest BCUT2D eigenvalue weighted by molar-refractivity contribution is 6.00. The minimum Gasteiger partial charge on any atom is -0.398 e. The van der Waals surface area contributed by atoms with E-state index in [2.05, 4.69) is 6.92 Å². The van der Waals surface area contributed by atoms with Crippen LogP contribution < -0.4 is 5.73 Å².